The van der Waals surface area contributed by atoms with E-state index in [-0.39, 0.29) is 12.1 Å². The molecule has 0 radical (unpaired) electrons. The third kappa shape index (κ3) is 4.53. The SMILES string of the molecule is CC(C)(C)OC(=O)NC1CNCC(c2ccccc2)C1. The Morgan fingerprint density at radius 2 is 1.95 bits per heavy atom. The van der Waals surface area contributed by atoms with E-state index in [0.717, 1.165) is 19.5 Å². The molecule has 1 aromatic rings. The summed E-state index contributed by atoms with van der Waals surface area (Å²) in [6, 6.07) is 10.5. The number of ether oxygens (including phenoxy) is 1. The molecule has 1 aliphatic heterocycles. The molecule has 2 atom stereocenters. The van der Waals surface area contributed by atoms with E-state index in [1.807, 2.05) is 26.8 Å². The van der Waals surface area contributed by atoms with Gasteiger partial charge in [0.25, 0.3) is 0 Å². The molecule has 2 unspecified atom stereocenters. The first-order valence-corrected chi connectivity index (χ1v) is 7.19. The Kier molecular flexibility index (Phi) is 4.65. The largest absolute Gasteiger partial charge is 0.444 e. The molecule has 0 saturated carbocycles. The molecule has 1 fully saturated rings. The summed E-state index contributed by atoms with van der Waals surface area (Å²) in [5, 5.41) is 6.33. The van der Waals surface area contributed by atoms with Crippen LogP contribution in [0, 0.1) is 0 Å². The Balaban J connectivity index is 1.89. The van der Waals surface area contributed by atoms with Gasteiger partial charge in [0.05, 0.1) is 0 Å². The van der Waals surface area contributed by atoms with Gasteiger partial charge in [-0.3, -0.25) is 0 Å². The number of carbonyl (C=O) groups is 1. The molecule has 1 saturated heterocycles. The lowest BCUT2D eigenvalue weighted by Crippen LogP contribution is -2.49. The summed E-state index contributed by atoms with van der Waals surface area (Å²) in [7, 11) is 0. The van der Waals surface area contributed by atoms with E-state index in [1.165, 1.54) is 5.56 Å². The molecule has 1 heterocycles. The molecule has 20 heavy (non-hydrogen) atoms. The first kappa shape index (κ1) is 14.9. The smallest absolute Gasteiger partial charge is 0.407 e. The van der Waals surface area contributed by atoms with Crippen molar-refractivity contribution in [1.82, 2.24) is 10.6 Å². The number of amides is 1. The Morgan fingerprint density at radius 3 is 2.60 bits per heavy atom. The topological polar surface area (TPSA) is 50.4 Å². The molecule has 0 aromatic heterocycles. The Labute approximate surface area is 120 Å². The van der Waals surface area contributed by atoms with Gasteiger partial charge in [-0.2, -0.15) is 0 Å². The van der Waals surface area contributed by atoms with E-state index in [9.17, 15) is 4.79 Å². The molecule has 1 aromatic carbocycles. The van der Waals surface area contributed by atoms with Gasteiger partial charge >= 0.3 is 6.09 Å². The lowest BCUT2D eigenvalue weighted by molar-refractivity contribution is 0.0494. The fraction of sp³-hybridized carbons (Fsp3) is 0.562. The van der Waals surface area contributed by atoms with Gasteiger partial charge in [0.15, 0.2) is 0 Å². The average Bonchev–Trinajstić information content (AvgIpc) is 2.38. The number of nitrogens with one attached hydrogen (secondary N) is 2. The van der Waals surface area contributed by atoms with Crippen molar-refractivity contribution in [3.05, 3.63) is 35.9 Å². The summed E-state index contributed by atoms with van der Waals surface area (Å²) < 4.78 is 5.30. The van der Waals surface area contributed by atoms with Crippen molar-refractivity contribution in [2.24, 2.45) is 0 Å². The number of rotatable bonds is 2. The standard InChI is InChI=1S/C16H24N2O2/c1-16(2,3)20-15(19)18-14-9-13(10-17-11-14)12-7-5-4-6-8-12/h4-8,13-14,17H,9-11H2,1-3H3,(H,18,19). The van der Waals surface area contributed by atoms with Crippen LogP contribution in [0.3, 0.4) is 0 Å². The minimum absolute atomic E-state index is 0.115. The van der Waals surface area contributed by atoms with Crippen LogP contribution >= 0.6 is 0 Å². The number of carbonyl (C=O) groups excluding carboxylic acids is 1. The second-order valence-electron chi connectivity index (χ2n) is 6.34. The lowest BCUT2D eigenvalue weighted by atomic mass is 9.89. The molecule has 4 heteroatoms. The summed E-state index contributed by atoms with van der Waals surface area (Å²) in [4.78, 5) is 11.8. The first-order valence-electron chi connectivity index (χ1n) is 7.19. The van der Waals surface area contributed by atoms with Crippen molar-refractivity contribution in [2.45, 2.75) is 44.8 Å². The number of hydrogen-bond donors (Lipinski definition) is 2. The zero-order chi connectivity index (χ0) is 14.6. The molecule has 1 aliphatic rings. The maximum atomic E-state index is 11.8. The van der Waals surface area contributed by atoms with Gasteiger partial charge in [-0.25, -0.2) is 4.79 Å². The molecule has 0 bridgehead atoms. The third-order valence-electron chi connectivity index (χ3n) is 3.34. The van der Waals surface area contributed by atoms with Crippen LogP contribution in [-0.2, 0) is 4.74 Å². The molecule has 2 N–H and O–H groups in total. The van der Waals surface area contributed by atoms with Crippen molar-refractivity contribution >= 4 is 6.09 Å². The fourth-order valence-corrected chi connectivity index (χ4v) is 2.51. The van der Waals surface area contributed by atoms with Crippen molar-refractivity contribution < 1.29 is 9.53 Å². The molecule has 4 nitrogen and oxygen atoms in total. The molecular weight excluding hydrogens is 252 g/mol. The van der Waals surface area contributed by atoms with Gasteiger partial charge in [-0.05, 0) is 38.7 Å². The van der Waals surface area contributed by atoms with E-state index in [2.05, 4.69) is 34.9 Å². The molecule has 110 valence electrons. The highest BCUT2D eigenvalue weighted by molar-refractivity contribution is 5.68. The zero-order valence-corrected chi connectivity index (χ0v) is 12.5. The average molecular weight is 276 g/mol. The highest BCUT2D eigenvalue weighted by Crippen LogP contribution is 2.23. The first-order chi connectivity index (χ1) is 9.44. The maximum Gasteiger partial charge on any atom is 0.407 e. The van der Waals surface area contributed by atoms with Gasteiger partial charge < -0.3 is 15.4 Å². The van der Waals surface area contributed by atoms with Gasteiger partial charge in [-0.15, -0.1) is 0 Å². The molecule has 0 spiro atoms. The van der Waals surface area contributed by atoms with Crippen LogP contribution < -0.4 is 10.6 Å². The maximum absolute atomic E-state index is 11.8. The minimum Gasteiger partial charge on any atom is -0.444 e. The Morgan fingerprint density at radius 1 is 1.25 bits per heavy atom. The van der Waals surface area contributed by atoms with Crippen molar-refractivity contribution in [1.29, 1.82) is 0 Å². The van der Waals surface area contributed by atoms with Gasteiger partial charge in [0, 0.05) is 19.1 Å². The quantitative estimate of drug-likeness (QED) is 0.873. The Bertz CT molecular complexity index is 440. The van der Waals surface area contributed by atoms with Crippen LogP contribution in [0.5, 0.6) is 0 Å². The van der Waals surface area contributed by atoms with Crippen molar-refractivity contribution in [3.63, 3.8) is 0 Å². The summed E-state index contributed by atoms with van der Waals surface area (Å²) in [6.07, 6.45) is 0.606. The highest BCUT2D eigenvalue weighted by atomic mass is 16.6. The minimum atomic E-state index is -0.453. The van der Waals surface area contributed by atoms with E-state index < -0.39 is 5.60 Å². The molecule has 0 aliphatic carbocycles. The fourth-order valence-electron chi connectivity index (χ4n) is 2.51. The van der Waals surface area contributed by atoms with Crippen LogP contribution in [0.25, 0.3) is 0 Å². The van der Waals surface area contributed by atoms with Crippen LogP contribution in [0.2, 0.25) is 0 Å². The molecule has 1 amide bonds. The predicted molar refractivity (Wildman–Crippen MR) is 79.8 cm³/mol. The van der Waals surface area contributed by atoms with E-state index in [0.29, 0.717) is 5.92 Å². The predicted octanol–water partition coefficient (Wildman–Crippen LogP) is 2.66. The molecule has 2 rings (SSSR count). The van der Waals surface area contributed by atoms with Gasteiger partial charge in [0.2, 0.25) is 0 Å². The van der Waals surface area contributed by atoms with Gasteiger partial charge in [0.1, 0.15) is 5.60 Å². The van der Waals surface area contributed by atoms with Crippen LogP contribution in [0.1, 0.15) is 38.7 Å². The van der Waals surface area contributed by atoms with Crippen LogP contribution in [0.15, 0.2) is 30.3 Å². The number of piperidine rings is 1. The lowest BCUT2D eigenvalue weighted by Gasteiger charge is -2.31. The third-order valence-corrected chi connectivity index (χ3v) is 3.34. The second-order valence-corrected chi connectivity index (χ2v) is 6.34. The summed E-state index contributed by atoms with van der Waals surface area (Å²) >= 11 is 0. The number of hydrogen-bond acceptors (Lipinski definition) is 3. The summed E-state index contributed by atoms with van der Waals surface area (Å²) in [5.74, 6) is 0.435. The van der Waals surface area contributed by atoms with E-state index in [4.69, 9.17) is 4.74 Å². The van der Waals surface area contributed by atoms with Crippen LogP contribution in [-0.4, -0.2) is 30.8 Å². The highest BCUT2D eigenvalue weighted by Gasteiger charge is 2.25. The van der Waals surface area contributed by atoms with Crippen molar-refractivity contribution in [3.8, 4) is 0 Å². The van der Waals surface area contributed by atoms with E-state index in [1.54, 1.807) is 0 Å². The molecular formula is C16H24N2O2. The monoisotopic (exact) mass is 276 g/mol. The summed E-state index contributed by atoms with van der Waals surface area (Å²) in [6.45, 7) is 7.37. The normalized spacial score (nSPS) is 23.1. The zero-order valence-electron chi connectivity index (χ0n) is 12.5. The summed E-state index contributed by atoms with van der Waals surface area (Å²) in [5.41, 5.74) is 0.862. The second kappa shape index (κ2) is 6.27. The van der Waals surface area contributed by atoms with E-state index >= 15 is 0 Å². The van der Waals surface area contributed by atoms with Crippen LogP contribution in [0.4, 0.5) is 4.79 Å². The number of alkyl carbamates (subject to hydrolysis) is 1. The number of benzene rings is 1. The van der Waals surface area contributed by atoms with Crippen molar-refractivity contribution in [2.75, 3.05) is 13.1 Å². The van der Waals surface area contributed by atoms with Gasteiger partial charge in [-0.1, -0.05) is 30.3 Å². The Hall–Kier alpha value is -1.55.